The van der Waals surface area contributed by atoms with E-state index in [0.29, 0.717) is 6.54 Å². The second kappa shape index (κ2) is 4.69. The fourth-order valence-corrected chi connectivity index (χ4v) is 0.467. The second-order valence-corrected chi connectivity index (χ2v) is 1.87. The second-order valence-electron chi connectivity index (χ2n) is 1.87. The van der Waals surface area contributed by atoms with Crippen LogP contribution in [0.25, 0.3) is 0 Å². The first-order valence-electron chi connectivity index (χ1n) is 2.84. The van der Waals surface area contributed by atoms with E-state index in [1.54, 1.807) is 7.05 Å². The normalized spacial score (nSPS) is 17.3. The van der Waals surface area contributed by atoms with Gasteiger partial charge in [-0.3, -0.25) is 0 Å². The summed E-state index contributed by atoms with van der Waals surface area (Å²) in [7, 11) is 1.66. The van der Waals surface area contributed by atoms with E-state index in [-0.39, 0.29) is 0 Å². The average Bonchev–Trinajstić information content (AvgIpc) is 1.87. The molecule has 4 heteroatoms. The molecule has 0 aliphatic heterocycles. The van der Waals surface area contributed by atoms with E-state index in [1.807, 2.05) is 0 Å². The largest absolute Gasteiger partial charge is 0.394 e. The molecule has 0 saturated carbocycles. The number of aliphatic hydroxyl groups is 3. The Morgan fingerprint density at radius 3 is 2.22 bits per heavy atom. The first-order chi connectivity index (χ1) is 4.22. The molecular weight excluding hydrogens is 122 g/mol. The van der Waals surface area contributed by atoms with Crippen LogP contribution in [0.5, 0.6) is 0 Å². The van der Waals surface area contributed by atoms with Gasteiger partial charge in [-0.25, -0.2) is 0 Å². The van der Waals surface area contributed by atoms with E-state index in [4.69, 9.17) is 15.3 Å². The van der Waals surface area contributed by atoms with Crippen LogP contribution in [0, 0.1) is 0 Å². The molecule has 0 unspecified atom stereocenters. The van der Waals surface area contributed by atoms with E-state index >= 15 is 0 Å². The van der Waals surface area contributed by atoms with Crippen LogP contribution in [-0.4, -0.2) is 47.7 Å². The lowest BCUT2D eigenvalue weighted by molar-refractivity contribution is -0.0120. The van der Waals surface area contributed by atoms with Crippen LogP contribution in [0.4, 0.5) is 0 Å². The van der Waals surface area contributed by atoms with Gasteiger partial charge in [0.25, 0.3) is 0 Å². The summed E-state index contributed by atoms with van der Waals surface area (Å²) in [5.74, 6) is 0. The number of hydrogen-bond acceptors (Lipinski definition) is 4. The van der Waals surface area contributed by atoms with Crippen LogP contribution in [-0.2, 0) is 0 Å². The maximum absolute atomic E-state index is 8.85. The van der Waals surface area contributed by atoms with E-state index in [2.05, 4.69) is 5.32 Å². The molecule has 9 heavy (non-hydrogen) atoms. The Bertz CT molecular complexity index is 69.2. The third-order valence-corrected chi connectivity index (χ3v) is 1.04. The summed E-state index contributed by atoms with van der Waals surface area (Å²) >= 11 is 0. The Morgan fingerprint density at radius 1 is 1.33 bits per heavy atom. The highest BCUT2D eigenvalue weighted by atomic mass is 16.4. The van der Waals surface area contributed by atoms with Gasteiger partial charge in [-0.15, -0.1) is 0 Å². The van der Waals surface area contributed by atoms with Crippen molar-refractivity contribution in [1.82, 2.24) is 5.32 Å². The zero-order valence-corrected chi connectivity index (χ0v) is 5.41. The van der Waals surface area contributed by atoms with Gasteiger partial charge >= 0.3 is 0 Å². The third kappa shape index (κ3) is 3.42. The molecule has 4 nitrogen and oxygen atoms in total. The summed E-state index contributed by atoms with van der Waals surface area (Å²) in [5, 5.41) is 28.5. The molecule has 0 aromatic carbocycles. The summed E-state index contributed by atoms with van der Waals surface area (Å²) in [4.78, 5) is 0. The topological polar surface area (TPSA) is 72.7 Å². The number of aliphatic hydroxyl groups excluding tert-OH is 3. The molecule has 2 atom stereocenters. The fourth-order valence-electron chi connectivity index (χ4n) is 0.467. The van der Waals surface area contributed by atoms with Crippen molar-refractivity contribution in [1.29, 1.82) is 0 Å². The Hall–Kier alpha value is -0.160. The number of hydrogen-bond donors (Lipinski definition) is 4. The van der Waals surface area contributed by atoms with Crippen molar-refractivity contribution in [2.75, 3.05) is 20.2 Å². The molecule has 56 valence electrons. The SMILES string of the molecule is CNC[C@H](O)[C@H](O)CO. The fraction of sp³-hybridized carbons (Fsp3) is 1.00. The van der Waals surface area contributed by atoms with Crippen LogP contribution in [0.2, 0.25) is 0 Å². The average molecular weight is 135 g/mol. The molecule has 0 bridgehead atoms. The minimum Gasteiger partial charge on any atom is -0.394 e. The van der Waals surface area contributed by atoms with Gasteiger partial charge in [-0.2, -0.15) is 0 Å². The highest BCUT2D eigenvalue weighted by molar-refractivity contribution is 4.66. The molecule has 0 spiro atoms. The molecule has 0 aliphatic carbocycles. The highest BCUT2D eigenvalue weighted by Crippen LogP contribution is 1.88. The first-order valence-corrected chi connectivity index (χ1v) is 2.84. The quantitative estimate of drug-likeness (QED) is 0.357. The number of likely N-dealkylation sites (N-methyl/N-ethyl adjacent to an activating group) is 1. The van der Waals surface area contributed by atoms with Crippen molar-refractivity contribution in [3.8, 4) is 0 Å². The highest BCUT2D eigenvalue weighted by Gasteiger charge is 2.12. The monoisotopic (exact) mass is 135 g/mol. The van der Waals surface area contributed by atoms with Gasteiger partial charge in [0.05, 0.1) is 12.7 Å². The van der Waals surface area contributed by atoms with Crippen molar-refractivity contribution in [2.45, 2.75) is 12.2 Å². The molecule has 0 radical (unpaired) electrons. The Balaban J connectivity index is 3.32. The van der Waals surface area contributed by atoms with Crippen molar-refractivity contribution in [2.24, 2.45) is 0 Å². The van der Waals surface area contributed by atoms with Crippen LogP contribution in [0.1, 0.15) is 0 Å². The first kappa shape index (κ1) is 8.84. The standard InChI is InChI=1S/C5H13NO3/c1-6-2-4(8)5(9)3-7/h4-9H,2-3H2,1H3/t4-,5+/m0/s1. The third-order valence-electron chi connectivity index (χ3n) is 1.04. The van der Waals surface area contributed by atoms with Crippen LogP contribution in [0.3, 0.4) is 0 Å². The van der Waals surface area contributed by atoms with E-state index in [1.165, 1.54) is 0 Å². The van der Waals surface area contributed by atoms with Crippen LogP contribution < -0.4 is 5.32 Å². The smallest absolute Gasteiger partial charge is 0.104 e. The van der Waals surface area contributed by atoms with Gasteiger partial charge in [0.1, 0.15) is 6.10 Å². The van der Waals surface area contributed by atoms with Crippen molar-refractivity contribution < 1.29 is 15.3 Å². The van der Waals surface area contributed by atoms with Crippen molar-refractivity contribution in [3.05, 3.63) is 0 Å². The summed E-state index contributed by atoms with van der Waals surface area (Å²) in [6.07, 6.45) is -1.91. The predicted octanol–water partition coefficient (Wildman–Crippen LogP) is -2.08. The van der Waals surface area contributed by atoms with Gasteiger partial charge in [0.2, 0.25) is 0 Å². The lowest BCUT2D eigenvalue weighted by Gasteiger charge is -2.13. The maximum Gasteiger partial charge on any atom is 0.104 e. The number of nitrogens with one attached hydrogen (secondary N) is 1. The van der Waals surface area contributed by atoms with Gasteiger partial charge < -0.3 is 20.6 Å². The van der Waals surface area contributed by atoms with E-state index in [9.17, 15) is 0 Å². The van der Waals surface area contributed by atoms with Crippen LogP contribution >= 0.6 is 0 Å². The lowest BCUT2D eigenvalue weighted by atomic mass is 10.2. The van der Waals surface area contributed by atoms with Crippen LogP contribution in [0.15, 0.2) is 0 Å². The van der Waals surface area contributed by atoms with Gasteiger partial charge in [-0.05, 0) is 7.05 Å². The molecule has 0 aliphatic rings. The summed E-state index contributed by atoms with van der Waals surface area (Å²) in [6.45, 7) is -0.107. The van der Waals surface area contributed by atoms with Gasteiger partial charge in [-0.1, -0.05) is 0 Å². The lowest BCUT2D eigenvalue weighted by Crippen LogP contribution is -2.36. The van der Waals surface area contributed by atoms with Gasteiger partial charge in [0, 0.05) is 6.54 Å². The van der Waals surface area contributed by atoms with E-state index in [0.717, 1.165) is 0 Å². The Morgan fingerprint density at radius 2 is 1.89 bits per heavy atom. The molecule has 0 heterocycles. The zero-order valence-electron chi connectivity index (χ0n) is 5.41. The van der Waals surface area contributed by atoms with Crippen molar-refractivity contribution >= 4 is 0 Å². The molecule has 0 rings (SSSR count). The zero-order chi connectivity index (χ0) is 7.28. The Kier molecular flexibility index (Phi) is 4.61. The summed E-state index contributed by atoms with van der Waals surface area (Å²) in [6, 6.07) is 0. The predicted molar refractivity (Wildman–Crippen MR) is 33.0 cm³/mol. The molecule has 0 fully saturated rings. The van der Waals surface area contributed by atoms with E-state index < -0.39 is 18.8 Å². The summed E-state index contributed by atoms with van der Waals surface area (Å²) in [5.41, 5.74) is 0. The maximum atomic E-state index is 8.85. The molecule has 0 aromatic rings. The summed E-state index contributed by atoms with van der Waals surface area (Å²) < 4.78 is 0. The molecule has 0 aromatic heterocycles. The minimum absolute atomic E-state index is 0.293. The minimum atomic E-state index is -1.03. The Labute approximate surface area is 54.1 Å². The number of rotatable bonds is 4. The van der Waals surface area contributed by atoms with Crippen molar-refractivity contribution in [3.63, 3.8) is 0 Å². The molecule has 0 saturated heterocycles. The molecular formula is C5H13NO3. The molecule has 0 amide bonds. The van der Waals surface area contributed by atoms with Gasteiger partial charge in [0.15, 0.2) is 0 Å². The molecule has 4 N–H and O–H groups in total.